The lowest BCUT2D eigenvalue weighted by Crippen LogP contribution is -2.57. The Morgan fingerprint density at radius 3 is 2.78 bits per heavy atom. The highest BCUT2D eigenvalue weighted by molar-refractivity contribution is 5.83. The average Bonchev–Trinajstić information content (AvgIpc) is 3.12. The van der Waals surface area contributed by atoms with Crippen molar-refractivity contribution in [2.24, 2.45) is 0 Å². The monoisotopic (exact) mass is 254 g/mol. The summed E-state index contributed by atoms with van der Waals surface area (Å²) < 4.78 is 5.40. The Labute approximate surface area is 108 Å². The summed E-state index contributed by atoms with van der Waals surface area (Å²) in [6.07, 6.45) is 2.66. The Bertz CT molecular complexity index is 328. The van der Waals surface area contributed by atoms with Crippen LogP contribution in [0.4, 0.5) is 0 Å². The van der Waals surface area contributed by atoms with Gasteiger partial charge in [-0.15, -0.1) is 0 Å². The molecule has 18 heavy (non-hydrogen) atoms. The zero-order chi connectivity index (χ0) is 13.1. The third kappa shape index (κ3) is 3.53. The van der Waals surface area contributed by atoms with Gasteiger partial charge in [0.1, 0.15) is 11.8 Å². The second-order valence-corrected chi connectivity index (χ2v) is 5.37. The molecule has 5 nitrogen and oxygen atoms in total. The fourth-order valence-electron chi connectivity index (χ4n) is 2.43. The second-order valence-electron chi connectivity index (χ2n) is 5.37. The van der Waals surface area contributed by atoms with Gasteiger partial charge >= 0.3 is 0 Å². The molecule has 0 aromatic carbocycles. The summed E-state index contributed by atoms with van der Waals surface area (Å²) in [6, 6.07) is 0.222. The number of nitrogens with one attached hydrogen (secondary N) is 1. The Morgan fingerprint density at radius 2 is 2.17 bits per heavy atom. The molecule has 2 rings (SSSR count). The summed E-state index contributed by atoms with van der Waals surface area (Å²) >= 11 is 0. The van der Waals surface area contributed by atoms with Gasteiger partial charge in [-0.1, -0.05) is 0 Å². The van der Waals surface area contributed by atoms with E-state index in [1.54, 1.807) is 6.92 Å². The number of ether oxygens (including phenoxy) is 1. The predicted molar refractivity (Wildman–Crippen MR) is 67.2 cm³/mol. The molecule has 1 saturated carbocycles. The van der Waals surface area contributed by atoms with Crippen LogP contribution in [-0.2, 0) is 14.3 Å². The maximum absolute atomic E-state index is 12.1. The predicted octanol–water partition coefficient (Wildman–Crippen LogP) is 0.333. The van der Waals surface area contributed by atoms with Gasteiger partial charge in [-0.2, -0.15) is 0 Å². The van der Waals surface area contributed by atoms with Crippen LogP contribution in [0.5, 0.6) is 0 Å². The molecule has 1 heterocycles. The van der Waals surface area contributed by atoms with E-state index in [2.05, 4.69) is 10.2 Å². The van der Waals surface area contributed by atoms with E-state index < -0.39 is 0 Å². The molecule has 0 radical (unpaired) electrons. The SMILES string of the molecule is CC(=O)CC(C)N1CCOCC1C(=O)NC1CC1. The standard InChI is InChI=1S/C13H22N2O3/c1-9(7-10(2)16)15-5-6-18-8-12(15)13(17)14-11-3-4-11/h9,11-12H,3-8H2,1-2H3,(H,14,17). The van der Waals surface area contributed by atoms with Crippen LogP contribution in [0, 0.1) is 0 Å². The van der Waals surface area contributed by atoms with Crippen LogP contribution in [0.3, 0.4) is 0 Å². The number of carbonyl (C=O) groups excluding carboxylic acids is 2. The van der Waals surface area contributed by atoms with Crippen LogP contribution in [-0.4, -0.2) is 54.5 Å². The van der Waals surface area contributed by atoms with Crippen molar-refractivity contribution in [1.82, 2.24) is 10.2 Å². The van der Waals surface area contributed by atoms with Crippen LogP contribution in [0.15, 0.2) is 0 Å². The van der Waals surface area contributed by atoms with E-state index in [9.17, 15) is 9.59 Å². The van der Waals surface area contributed by atoms with Crippen molar-refractivity contribution in [2.75, 3.05) is 19.8 Å². The molecule has 1 aliphatic heterocycles. The topological polar surface area (TPSA) is 58.6 Å². The molecule has 1 saturated heterocycles. The zero-order valence-corrected chi connectivity index (χ0v) is 11.1. The highest BCUT2D eigenvalue weighted by Crippen LogP contribution is 2.20. The summed E-state index contributed by atoms with van der Waals surface area (Å²) in [5.41, 5.74) is 0. The maximum Gasteiger partial charge on any atom is 0.239 e. The van der Waals surface area contributed by atoms with Crippen LogP contribution < -0.4 is 5.32 Å². The number of hydrogen-bond acceptors (Lipinski definition) is 4. The fraction of sp³-hybridized carbons (Fsp3) is 0.846. The molecule has 5 heteroatoms. The summed E-state index contributed by atoms with van der Waals surface area (Å²) in [5.74, 6) is 0.211. The van der Waals surface area contributed by atoms with E-state index in [4.69, 9.17) is 4.74 Å². The van der Waals surface area contributed by atoms with Gasteiger partial charge in [0.2, 0.25) is 5.91 Å². The van der Waals surface area contributed by atoms with E-state index >= 15 is 0 Å². The minimum Gasteiger partial charge on any atom is -0.378 e. The van der Waals surface area contributed by atoms with Crippen molar-refractivity contribution in [2.45, 2.75) is 51.2 Å². The van der Waals surface area contributed by atoms with Crippen LogP contribution in [0.1, 0.15) is 33.1 Å². The number of morpholine rings is 1. The number of Topliss-reactive ketones (excluding diaryl/α,β-unsaturated/α-hetero) is 1. The van der Waals surface area contributed by atoms with E-state index in [1.165, 1.54) is 0 Å². The largest absolute Gasteiger partial charge is 0.378 e. The van der Waals surface area contributed by atoms with E-state index in [0.717, 1.165) is 19.4 Å². The normalized spacial score (nSPS) is 26.7. The average molecular weight is 254 g/mol. The molecule has 2 fully saturated rings. The summed E-state index contributed by atoms with van der Waals surface area (Å²) in [4.78, 5) is 25.4. The smallest absolute Gasteiger partial charge is 0.239 e. The Balaban J connectivity index is 1.95. The van der Waals surface area contributed by atoms with Crippen LogP contribution in [0.2, 0.25) is 0 Å². The Hall–Kier alpha value is -0.940. The van der Waals surface area contributed by atoms with Crippen molar-refractivity contribution in [3.8, 4) is 0 Å². The summed E-state index contributed by atoms with van der Waals surface area (Å²) in [7, 11) is 0. The number of carbonyl (C=O) groups is 2. The molecule has 0 aromatic heterocycles. The Kier molecular flexibility index (Phi) is 4.35. The number of amides is 1. The minimum atomic E-state index is -0.242. The number of rotatable bonds is 5. The molecule has 1 amide bonds. The van der Waals surface area contributed by atoms with Crippen molar-refractivity contribution in [3.05, 3.63) is 0 Å². The lowest BCUT2D eigenvalue weighted by atomic mass is 10.1. The van der Waals surface area contributed by atoms with Crippen LogP contribution >= 0.6 is 0 Å². The lowest BCUT2D eigenvalue weighted by Gasteiger charge is -2.38. The van der Waals surface area contributed by atoms with E-state index in [0.29, 0.717) is 25.7 Å². The van der Waals surface area contributed by atoms with Gasteiger partial charge in [0.05, 0.1) is 13.2 Å². The molecular formula is C13H22N2O3. The first kappa shape index (κ1) is 13.5. The molecule has 1 aliphatic carbocycles. The minimum absolute atomic E-state index is 0.0487. The summed E-state index contributed by atoms with van der Waals surface area (Å²) in [5, 5.41) is 3.02. The van der Waals surface area contributed by atoms with Gasteiger partial charge in [0, 0.05) is 25.0 Å². The maximum atomic E-state index is 12.1. The van der Waals surface area contributed by atoms with Gasteiger partial charge in [-0.25, -0.2) is 0 Å². The highest BCUT2D eigenvalue weighted by Gasteiger charge is 2.35. The molecule has 0 bridgehead atoms. The molecule has 1 N–H and O–H groups in total. The first-order chi connectivity index (χ1) is 8.58. The molecule has 0 spiro atoms. The molecule has 102 valence electrons. The number of nitrogens with zero attached hydrogens (tertiary/aromatic N) is 1. The van der Waals surface area contributed by atoms with Gasteiger partial charge in [-0.3, -0.25) is 14.5 Å². The van der Waals surface area contributed by atoms with Crippen molar-refractivity contribution < 1.29 is 14.3 Å². The third-order valence-electron chi connectivity index (χ3n) is 3.55. The lowest BCUT2D eigenvalue weighted by molar-refractivity contribution is -0.136. The molecule has 2 unspecified atom stereocenters. The van der Waals surface area contributed by atoms with Crippen LogP contribution in [0.25, 0.3) is 0 Å². The van der Waals surface area contributed by atoms with Gasteiger partial charge < -0.3 is 10.1 Å². The summed E-state index contributed by atoms with van der Waals surface area (Å²) in [6.45, 7) is 5.38. The van der Waals surface area contributed by atoms with Gasteiger partial charge in [0.15, 0.2) is 0 Å². The van der Waals surface area contributed by atoms with E-state index in [1.807, 2.05) is 6.92 Å². The van der Waals surface area contributed by atoms with E-state index in [-0.39, 0.29) is 23.8 Å². The number of hydrogen-bond donors (Lipinski definition) is 1. The van der Waals surface area contributed by atoms with Crippen molar-refractivity contribution in [3.63, 3.8) is 0 Å². The first-order valence-electron chi connectivity index (χ1n) is 6.71. The van der Waals surface area contributed by atoms with Crippen molar-refractivity contribution in [1.29, 1.82) is 0 Å². The van der Waals surface area contributed by atoms with Gasteiger partial charge in [0.25, 0.3) is 0 Å². The fourth-order valence-corrected chi connectivity index (χ4v) is 2.43. The number of ketones is 1. The zero-order valence-electron chi connectivity index (χ0n) is 11.1. The Morgan fingerprint density at radius 1 is 1.44 bits per heavy atom. The van der Waals surface area contributed by atoms with Crippen molar-refractivity contribution >= 4 is 11.7 Å². The second kappa shape index (κ2) is 5.80. The highest BCUT2D eigenvalue weighted by atomic mass is 16.5. The third-order valence-corrected chi connectivity index (χ3v) is 3.55. The molecule has 2 aliphatic rings. The first-order valence-corrected chi connectivity index (χ1v) is 6.71. The molecule has 0 aromatic rings. The quantitative estimate of drug-likeness (QED) is 0.768. The molecular weight excluding hydrogens is 232 g/mol. The van der Waals surface area contributed by atoms with Gasteiger partial charge in [-0.05, 0) is 26.7 Å². The molecule has 2 atom stereocenters.